The molecule has 0 aromatic heterocycles. The van der Waals surface area contributed by atoms with E-state index >= 15 is 0 Å². The molecule has 2 aromatic carbocycles. The molecule has 31 heavy (non-hydrogen) atoms. The molecule has 1 aliphatic rings. The van der Waals surface area contributed by atoms with Crippen molar-refractivity contribution in [3.05, 3.63) is 71.3 Å². The van der Waals surface area contributed by atoms with Crippen LogP contribution in [0.4, 0.5) is 4.79 Å². The predicted octanol–water partition coefficient (Wildman–Crippen LogP) is 3.43. The van der Waals surface area contributed by atoms with Crippen molar-refractivity contribution < 1.29 is 19.5 Å². The van der Waals surface area contributed by atoms with Gasteiger partial charge >= 0.3 is 12.0 Å². The molecule has 0 radical (unpaired) electrons. The third-order valence-corrected chi connectivity index (χ3v) is 5.35. The van der Waals surface area contributed by atoms with Gasteiger partial charge in [0.2, 0.25) is 0 Å². The van der Waals surface area contributed by atoms with Crippen molar-refractivity contribution in [1.82, 2.24) is 9.80 Å². The lowest BCUT2D eigenvalue weighted by Gasteiger charge is -2.24. The predicted molar refractivity (Wildman–Crippen MR) is 114 cm³/mol. The Hall–Kier alpha value is -3.66. The molecule has 2 unspecified atom stereocenters. The highest BCUT2D eigenvalue weighted by Gasteiger charge is 2.49. The first kappa shape index (κ1) is 22.0. The second kappa shape index (κ2) is 9.43. The van der Waals surface area contributed by atoms with Crippen LogP contribution in [0.1, 0.15) is 37.0 Å². The summed E-state index contributed by atoms with van der Waals surface area (Å²) >= 11 is 0. The molecule has 3 amide bonds. The van der Waals surface area contributed by atoms with Gasteiger partial charge in [-0.25, -0.2) is 14.5 Å². The van der Waals surface area contributed by atoms with Crippen LogP contribution in [0, 0.1) is 17.2 Å². The highest BCUT2D eigenvalue weighted by molar-refractivity contribution is 6.06. The third-order valence-electron chi connectivity index (χ3n) is 5.35. The van der Waals surface area contributed by atoms with Crippen LogP contribution in [-0.4, -0.2) is 44.9 Å². The molecule has 0 bridgehead atoms. The van der Waals surface area contributed by atoms with Crippen LogP contribution in [0.2, 0.25) is 0 Å². The topological polar surface area (TPSA) is 102 Å². The lowest BCUT2D eigenvalue weighted by Crippen LogP contribution is -2.47. The van der Waals surface area contributed by atoms with E-state index in [-0.39, 0.29) is 18.9 Å². The Morgan fingerprint density at radius 2 is 1.71 bits per heavy atom. The molecule has 2 aromatic rings. The standard InChI is InChI=1S/C24H25N3O4/c1-16(2)12-20-22(28)27(21(23(29)30)13-17-6-4-3-5-7-17)24(31)26(20)15-19-10-8-18(14-25)9-11-19/h3-11,16,20-21H,12-13,15H2,1-2H3,(H,29,30). The summed E-state index contributed by atoms with van der Waals surface area (Å²) in [6.07, 6.45) is 0.488. The maximum absolute atomic E-state index is 13.3. The van der Waals surface area contributed by atoms with Gasteiger partial charge in [-0.1, -0.05) is 56.3 Å². The molecule has 1 aliphatic heterocycles. The number of nitriles is 1. The Labute approximate surface area is 181 Å². The molecule has 0 spiro atoms. The minimum atomic E-state index is -1.27. The number of benzene rings is 2. The van der Waals surface area contributed by atoms with Gasteiger partial charge in [0, 0.05) is 13.0 Å². The van der Waals surface area contributed by atoms with Gasteiger partial charge < -0.3 is 10.0 Å². The lowest BCUT2D eigenvalue weighted by molar-refractivity contribution is -0.146. The summed E-state index contributed by atoms with van der Waals surface area (Å²) in [6.45, 7) is 4.08. The number of carbonyl (C=O) groups excluding carboxylic acids is 2. The van der Waals surface area contributed by atoms with Gasteiger partial charge in [-0.2, -0.15) is 5.26 Å². The molecule has 2 atom stereocenters. The number of aliphatic carboxylic acids is 1. The minimum Gasteiger partial charge on any atom is -0.480 e. The smallest absolute Gasteiger partial charge is 0.328 e. The van der Waals surface area contributed by atoms with E-state index in [1.54, 1.807) is 48.5 Å². The molecule has 1 heterocycles. The maximum Gasteiger partial charge on any atom is 0.328 e. The van der Waals surface area contributed by atoms with E-state index in [4.69, 9.17) is 5.26 Å². The van der Waals surface area contributed by atoms with Crippen molar-refractivity contribution in [3.63, 3.8) is 0 Å². The molecule has 1 fully saturated rings. The molecule has 7 heteroatoms. The number of carboxylic acid groups (broad SMARTS) is 1. The van der Waals surface area contributed by atoms with E-state index < -0.39 is 30.0 Å². The van der Waals surface area contributed by atoms with Crippen molar-refractivity contribution in [1.29, 1.82) is 5.26 Å². The lowest BCUT2D eigenvalue weighted by atomic mass is 10.0. The number of hydrogen-bond acceptors (Lipinski definition) is 4. The first-order valence-electron chi connectivity index (χ1n) is 10.2. The minimum absolute atomic E-state index is 0.0484. The van der Waals surface area contributed by atoms with E-state index in [0.29, 0.717) is 12.0 Å². The van der Waals surface area contributed by atoms with Gasteiger partial charge in [0.25, 0.3) is 5.91 Å². The van der Waals surface area contributed by atoms with Gasteiger partial charge in [0.1, 0.15) is 12.1 Å². The fourth-order valence-corrected chi connectivity index (χ4v) is 3.81. The molecule has 160 valence electrons. The van der Waals surface area contributed by atoms with Crippen LogP contribution in [0.3, 0.4) is 0 Å². The Kier molecular flexibility index (Phi) is 6.71. The zero-order valence-electron chi connectivity index (χ0n) is 17.6. The molecular formula is C24H25N3O4. The number of rotatable bonds is 8. The summed E-state index contributed by atoms with van der Waals surface area (Å²) in [5.41, 5.74) is 2.01. The highest BCUT2D eigenvalue weighted by atomic mass is 16.4. The zero-order valence-corrected chi connectivity index (χ0v) is 17.6. The number of carbonyl (C=O) groups is 3. The van der Waals surface area contributed by atoms with E-state index in [1.807, 2.05) is 26.0 Å². The Morgan fingerprint density at radius 1 is 1.06 bits per heavy atom. The fraction of sp³-hybridized carbons (Fsp3) is 0.333. The SMILES string of the molecule is CC(C)CC1C(=O)N(C(Cc2ccccc2)C(=O)O)C(=O)N1Cc1ccc(C#N)cc1. The van der Waals surface area contributed by atoms with E-state index in [9.17, 15) is 19.5 Å². The van der Waals surface area contributed by atoms with Gasteiger partial charge in [-0.15, -0.1) is 0 Å². The number of amides is 3. The van der Waals surface area contributed by atoms with E-state index in [1.165, 1.54) is 4.90 Å². The van der Waals surface area contributed by atoms with Crippen LogP contribution >= 0.6 is 0 Å². The zero-order chi connectivity index (χ0) is 22.5. The quantitative estimate of drug-likeness (QED) is 0.661. The van der Waals surface area contributed by atoms with Crippen molar-refractivity contribution in [2.75, 3.05) is 0 Å². The van der Waals surface area contributed by atoms with Gasteiger partial charge in [0.05, 0.1) is 11.6 Å². The first-order valence-corrected chi connectivity index (χ1v) is 10.2. The number of nitrogens with zero attached hydrogens (tertiary/aromatic N) is 3. The van der Waals surface area contributed by atoms with Crippen LogP contribution in [-0.2, 0) is 22.6 Å². The molecule has 1 saturated heterocycles. The largest absolute Gasteiger partial charge is 0.480 e. The Balaban J connectivity index is 1.91. The van der Waals surface area contributed by atoms with Crippen molar-refractivity contribution in [2.45, 2.75) is 45.3 Å². The summed E-state index contributed by atoms with van der Waals surface area (Å²) in [5.74, 6) is -1.55. The summed E-state index contributed by atoms with van der Waals surface area (Å²) in [7, 11) is 0. The third kappa shape index (κ3) is 4.92. The second-order valence-electron chi connectivity index (χ2n) is 8.12. The van der Waals surface area contributed by atoms with Crippen LogP contribution in [0.25, 0.3) is 0 Å². The van der Waals surface area contributed by atoms with Gasteiger partial charge in [-0.3, -0.25) is 4.79 Å². The molecular weight excluding hydrogens is 394 g/mol. The molecule has 3 rings (SSSR count). The van der Waals surface area contributed by atoms with Crippen LogP contribution in [0.5, 0.6) is 0 Å². The normalized spacial score (nSPS) is 17.2. The van der Waals surface area contributed by atoms with Crippen LogP contribution < -0.4 is 0 Å². The average molecular weight is 419 g/mol. The number of carboxylic acids is 1. The molecule has 0 saturated carbocycles. The average Bonchev–Trinajstić information content (AvgIpc) is 2.97. The number of hydrogen-bond donors (Lipinski definition) is 1. The maximum atomic E-state index is 13.3. The summed E-state index contributed by atoms with van der Waals surface area (Å²) in [5, 5.41) is 18.8. The van der Waals surface area contributed by atoms with Crippen molar-refractivity contribution in [3.8, 4) is 6.07 Å². The van der Waals surface area contributed by atoms with Gasteiger partial charge in [-0.05, 0) is 35.6 Å². The summed E-state index contributed by atoms with van der Waals surface area (Å²) < 4.78 is 0. The fourth-order valence-electron chi connectivity index (χ4n) is 3.81. The monoisotopic (exact) mass is 419 g/mol. The Bertz CT molecular complexity index is 996. The second-order valence-corrected chi connectivity index (χ2v) is 8.12. The van der Waals surface area contributed by atoms with Gasteiger partial charge in [0.15, 0.2) is 0 Å². The summed E-state index contributed by atoms with van der Waals surface area (Å²) in [6, 6.07) is 15.2. The van der Waals surface area contributed by atoms with E-state index in [2.05, 4.69) is 0 Å². The highest BCUT2D eigenvalue weighted by Crippen LogP contribution is 2.28. The number of imide groups is 1. The van der Waals surface area contributed by atoms with Crippen molar-refractivity contribution in [2.24, 2.45) is 5.92 Å². The Morgan fingerprint density at radius 3 is 2.26 bits per heavy atom. The van der Waals surface area contributed by atoms with E-state index in [0.717, 1.165) is 16.0 Å². The van der Waals surface area contributed by atoms with Crippen molar-refractivity contribution >= 4 is 17.9 Å². The summed E-state index contributed by atoms with van der Waals surface area (Å²) in [4.78, 5) is 40.9. The first-order chi connectivity index (χ1) is 14.8. The molecule has 7 nitrogen and oxygen atoms in total. The molecule has 0 aliphatic carbocycles. The number of urea groups is 1. The van der Waals surface area contributed by atoms with Crippen LogP contribution in [0.15, 0.2) is 54.6 Å². The molecule has 1 N–H and O–H groups in total.